The van der Waals surface area contributed by atoms with E-state index >= 15 is 0 Å². The Morgan fingerprint density at radius 2 is 2.04 bits per heavy atom. The number of anilines is 1. The quantitative estimate of drug-likeness (QED) is 0.840. The maximum absolute atomic E-state index is 12.4. The van der Waals surface area contributed by atoms with Crippen molar-refractivity contribution in [3.05, 3.63) is 46.8 Å². The number of rotatable bonds is 6. The van der Waals surface area contributed by atoms with Crippen LogP contribution in [-0.4, -0.2) is 40.7 Å². The molecule has 26 heavy (non-hydrogen) atoms. The molecular weight excluding hydrogens is 350 g/mol. The molecular formula is C19H23N3O3S. The number of thioether (sulfide) groups is 1. The summed E-state index contributed by atoms with van der Waals surface area (Å²) in [6, 6.07) is 7.15. The van der Waals surface area contributed by atoms with Gasteiger partial charge in [0.1, 0.15) is 5.76 Å². The molecule has 6 nitrogen and oxygen atoms in total. The number of aryl methyl sites for hydroxylation is 2. The molecule has 0 saturated carbocycles. The molecule has 138 valence electrons. The minimum absolute atomic E-state index is 0.0337. The number of aromatic nitrogens is 1. The molecule has 2 aromatic rings. The van der Waals surface area contributed by atoms with E-state index in [2.05, 4.69) is 10.5 Å². The van der Waals surface area contributed by atoms with Crippen LogP contribution in [0.2, 0.25) is 0 Å². The molecule has 1 fully saturated rings. The zero-order valence-electron chi connectivity index (χ0n) is 15.1. The van der Waals surface area contributed by atoms with Crippen molar-refractivity contribution in [3.63, 3.8) is 0 Å². The molecule has 1 aliphatic rings. The van der Waals surface area contributed by atoms with Crippen molar-refractivity contribution in [2.24, 2.45) is 0 Å². The highest BCUT2D eigenvalue weighted by Crippen LogP contribution is 2.20. The van der Waals surface area contributed by atoms with E-state index in [1.165, 1.54) is 11.8 Å². The van der Waals surface area contributed by atoms with Gasteiger partial charge in [-0.1, -0.05) is 11.2 Å². The van der Waals surface area contributed by atoms with Gasteiger partial charge in [0, 0.05) is 35.7 Å². The number of carbonyl (C=O) groups is 2. The summed E-state index contributed by atoms with van der Waals surface area (Å²) in [4.78, 5) is 26.5. The molecule has 0 bridgehead atoms. The standard InChI is InChI=1S/C19H23N3O3S/c1-13-17(14(2)25-21-13)11-26-12-18(23)20-16-7-5-6-15(10-16)19(24)22-8-3-4-9-22/h5-7,10H,3-4,8-9,11-12H2,1-2H3,(H,20,23). The molecule has 0 aliphatic carbocycles. The highest BCUT2D eigenvalue weighted by atomic mass is 32.2. The SMILES string of the molecule is Cc1noc(C)c1CSCC(=O)Nc1cccc(C(=O)N2CCCC2)c1. The fourth-order valence-corrected chi connectivity index (χ4v) is 3.96. The lowest BCUT2D eigenvalue weighted by atomic mass is 10.1. The van der Waals surface area contributed by atoms with E-state index in [0.29, 0.717) is 22.8 Å². The summed E-state index contributed by atoms with van der Waals surface area (Å²) in [5.74, 6) is 1.75. The summed E-state index contributed by atoms with van der Waals surface area (Å²) in [7, 11) is 0. The number of nitrogens with zero attached hydrogens (tertiary/aromatic N) is 2. The monoisotopic (exact) mass is 373 g/mol. The first kappa shape index (κ1) is 18.5. The van der Waals surface area contributed by atoms with Gasteiger partial charge in [0.15, 0.2) is 0 Å². The van der Waals surface area contributed by atoms with Crippen LogP contribution in [0, 0.1) is 13.8 Å². The van der Waals surface area contributed by atoms with E-state index in [1.807, 2.05) is 18.7 Å². The summed E-state index contributed by atoms with van der Waals surface area (Å²) in [5.41, 5.74) is 3.18. The molecule has 2 amide bonds. The van der Waals surface area contributed by atoms with E-state index in [0.717, 1.165) is 42.9 Å². The van der Waals surface area contributed by atoms with Crippen LogP contribution in [-0.2, 0) is 10.5 Å². The first-order chi connectivity index (χ1) is 12.5. The van der Waals surface area contributed by atoms with Crippen LogP contribution in [0.15, 0.2) is 28.8 Å². The summed E-state index contributed by atoms with van der Waals surface area (Å²) in [6.07, 6.45) is 2.12. The van der Waals surface area contributed by atoms with Gasteiger partial charge in [0.05, 0.1) is 11.4 Å². The normalized spacial score (nSPS) is 13.8. The molecule has 1 aromatic carbocycles. The summed E-state index contributed by atoms with van der Waals surface area (Å²) < 4.78 is 5.13. The zero-order chi connectivity index (χ0) is 18.5. The molecule has 1 saturated heterocycles. The van der Waals surface area contributed by atoms with Crippen LogP contribution >= 0.6 is 11.8 Å². The molecule has 3 rings (SSSR count). The number of hydrogen-bond acceptors (Lipinski definition) is 5. The van der Waals surface area contributed by atoms with E-state index in [-0.39, 0.29) is 11.8 Å². The molecule has 0 radical (unpaired) electrons. The highest BCUT2D eigenvalue weighted by Gasteiger charge is 2.19. The summed E-state index contributed by atoms with van der Waals surface area (Å²) in [5, 5.41) is 6.78. The summed E-state index contributed by atoms with van der Waals surface area (Å²) in [6.45, 7) is 5.40. The maximum atomic E-state index is 12.4. The van der Waals surface area contributed by atoms with Crippen LogP contribution in [0.1, 0.15) is 40.2 Å². The second-order valence-electron chi connectivity index (χ2n) is 6.42. The number of hydrogen-bond donors (Lipinski definition) is 1. The number of benzene rings is 1. The van der Waals surface area contributed by atoms with Gasteiger partial charge in [-0.3, -0.25) is 9.59 Å². The van der Waals surface area contributed by atoms with Crippen molar-refractivity contribution in [2.45, 2.75) is 32.4 Å². The van der Waals surface area contributed by atoms with E-state index < -0.39 is 0 Å². The Bertz CT molecular complexity index is 778. The van der Waals surface area contributed by atoms with Gasteiger partial charge in [-0.25, -0.2) is 0 Å². The lowest BCUT2D eigenvalue weighted by molar-refractivity contribution is -0.113. The third-order valence-electron chi connectivity index (χ3n) is 4.45. The van der Waals surface area contributed by atoms with Gasteiger partial charge < -0.3 is 14.7 Å². The fourth-order valence-electron chi connectivity index (χ4n) is 2.98. The van der Waals surface area contributed by atoms with Crippen molar-refractivity contribution in [3.8, 4) is 0 Å². The Morgan fingerprint density at radius 1 is 1.27 bits per heavy atom. The van der Waals surface area contributed by atoms with Crippen LogP contribution < -0.4 is 5.32 Å². The Labute approximate surface area is 157 Å². The first-order valence-electron chi connectivity index (χ1n) is 8.73. The van der Waals surface area contributed by atoms with Gasteiger partial charge in [-0.2, -0.15) is 0 Å². The second kappa shape index (κ2) is 8.40. The molecule has 1 N–H and O–H groups in total. The largest absolute Gasteiger partial charge is 0.361 e. The average molecular weight is 373 g/mol. The smallest absolute Gasteiger partial charge is 0.253 e. The maximum Gasteiger partial charge on any atom is 0.253 e. The minimum atomic E-state index is -0.0902. The van der Waals surface area contributed by atoms with Gasteiger partial charge in [-0.15, -0.1) is 11.8 Å². The van der Waals surface area contributed by atoms with Crippen molar-refractivity contribution in [1.82, 2.24) is 10.1 Å². The molecule has 0 atom stereocenters. The van der Waals surface area contributed by atoms with Gasteiger partial charge >= 0.3 is 0 Å². The van der Waals surface area contributed by atoms with E-state index in [9.17, 15) is 9.59 Å². The fraction of sp³-hybridized carbons (Fsp3) is 0.421. The molecule has 1 aliphatic heterocycles. The lowest BCUT2D eigenvalue weighted by Crippen LogP contribution is -2.27. The zero-order valence-corrected chi connectivity index (χ0v) is 15.9. The predicted molar refractivity (Wildman–Crippen MR) is 102 cm³/mol. The van der Waals surface area contributed by atoms with Crippen molar-refractivity contribution in [2.75, 3.05) is 24.2 Å². The number of nitrogens with one attached hydrogen (secondary N) is 1. The highest BCUT2D eigenvalue weighted by molar-refractivity contribution is 7.99. The second-order valence-corrected chi connectivity index (χ2v) is 7.41. The first-order valence-corrected chi connectivity index (χ1v) is 9.89. The number of carbonyl (C=O) groups excluding carboxylic acids is 2. The van der Waals surface area contributed by atoms with Gasteiger partial charge in [0.25, 0.3) is 5.91 Å². The molecule has 7 heteroatoms. The van der Waals surface area contributed by atoms with Crippen molar-refractivity contribution in [1.29, 1.82) is 0 Å². The Kier molecular flexibility index (Phi) is 5.98. The number of likely N-dealkylation sites (tertiary alicyclic amines) is 1. The molecule has 1 aromatic heterocycles. The topological polar surface area (TPSA) is 75.4 Å². The molecule has 0 unspecified atom stereocenters. The minimum Gasteiger partial charge on any atom is -0.361 e. The molecule has 0 spiro atoms. The van der Waals surface area contributed by atoms with Crippen molar-refractivity contribution < 1.29 is 14.1 Å². The Morgan fingerprint density at radius 3 is 2.73 bits per heavy atom. The van der Waals surface area contributed by atoms with Crippen molar-refractivity contribution >= 4 is 29.3 Å². The van der Waals surface area contributed by atoms with Gasteiger partial charge in [-0.05, 0) is 44.9 Å². The van der Waals surface area contributed by atoms with Crippen LogP contribution in [0.25, 0.3) is 0 Å². The average Bonchev–Trinajstić information content (AvgIpc) is 3.27. The Balaban J connectivity index is 1.52. The summed E-state index contributed by atoms with van der Waals surface area (Å²) >= 11 is 1.51. The van der Waals surface area contributed by atoms with Crippen LogP contribution in [0.3, 0.4) is 0 Å². The van der Waals surface area contributed by atoms with Crippen LogP contribution in [0.4, 0.5) is 5.69 Å². The number of amides is 2. The predicted octanol–water partition coefficient (Wildman–Crippen LogP) is 3.40. The van der Waals surface area contributed by atoms with E-state index in [1.54, 1.807) is 24.3 Å². The molecule has 2 heterocycles. The third kappa shape index (κ3) is 4.46. The lowest BCUT2D eigenvalue weighted by Gasteiger charge is -2.15. The van der Waals surface area contributed by atoms with Gasteiger partial charge in [0.2, 0.25) is 5.91 Å². The van der Waals surface area contributed by atoms with E-state index in [4.69, 9.17) is 4.52 Å². The third-order valence-corrected chi connectivity index (χ3v) is 5.41. The Hall–Kier alpha value is -2.28. The van der Waals surface area contributed by atoms with Crippen LogP contribution in [0.5, 0.6) is 0 Å².